The van der Waals surface area contributed by atoms with Crippen LogP contribution in [0.2, 0.25) is 0 Å². The summed E-state index contributed by atoms with van der Waals surface area (Å²) in [5, 5.41) is 1.04. The minimum absolute atomic E-state index is 0.346. The van der Waals surface area contributed by atoms with E-state index in [0.29, 0.717) is 24.7 Å². The van der Waals surface area contributed by atoms with Gasteiger partial charge in [0.2, 0.25) is 0 Å². The molecule has 21 heavy (non-hydrogen) atoms. The molecule has 0 unspecified atom stereocenters. The van der Waals surface area contributed by atoms with Gasteiger partial charge in [0, 0.05) is 17.5 Å². The monoisotopic (exact) mass is 283 g/mol. The molecule has 0 bridgehead atoms. The molecule has 4 heteroatoms. The van der Waals surface area contributed by atoms with Gasteiger partial charge in [0.05, 0.1) is 7.11 Å². The van der Waals surface area contributed by atoms with Crippen LogP contribution in [-0.2, 0) is 13.2 Å². The van der Waals surface area contributed by atoms with Gasteiger partial charge in [-0.1, -0.05) is 30.3 Å². The fourth-order valence-electron chi connectivity index (χ4n) is 2.30. The normalized spacial score (nSPS) is 10.8. The maximum absolute atomic E-state index is 5.84. The smallest absolute Gasteiger partial charge is 0.161 e. The molecule has 0 aliphatic rings. The first-order chi connectivity index (χ1) is 10.3. The lowest BCUT2D eigenvalue weighted by molar-refractivity contribution is 0.259. The largest absolute Gasteiger partial charge is 0.493 e. The average molecular weight is 283 g/mol. The number of nitrogens with two attached hydrogens (primary N) is 1. The Morgan fingerprint density at radius 2 is 1.86 bits per heavy atom. The van der Waals surface area contributed by atoms with Crippen molar-refractivity contribution >= 4 is 11.0 Å². The fourth-order valence-corrected chi connectivity index (χ4v) is 2.30. The Hall–Kier alpha value is -2.46. The Labute approximate surface area is 123 Å². The molecule has 0 saturated heterocycles. The van der Waals surface area contributed by atoms with Crippen molar-refractivity contribution in [2.45, 2.75) is 13.2 Å². The van der Waals surface area contributed by atoms with Crippen LogP contribution in [0.15, 0.2) is 52.9 Å². The molecule has 2 N–H and O–H groups in total. The molecule has 0 fully saturated rings. The molecule has 0 radical (unpaired) electrons. The van der Waals surface area contributed by atoms with Gasteiger partial charge >= 0.3 is 0 Å². The van der Waals surface area contributed by atoms with E-state index >= 15 is 0 Å². The second-order valence-corrected chi connectivity index (χ2v) is 4.69. The summed E-state index contributed by atoms with van der Waals surface area (Å²) in [5.74, 6) is 2.16. The van der Waals surface area contributed by atoms with Crippen LogP contribution in [0.4, 0.5) is 0 Å². The van der Waals surface area contributed by atoms with Crippen LogP contribution in [0.5, 0.6) is 11.5 Å². The van der Waals surface area contributed by atoms with Crippen molar-refractivity contribution in [2.24, 2.45) is 5.73 Å². The number of methoxy groups -OCH3 is 1. The van der Waals surface area contributed by atoms with Crippen molar-refractivity contribution in [3.05, 3.63) is 59.9 Å². The van der Waals surface area contributed by atoms with Gasteiger partial charge in [-0.3, -0.25) is 0 Å². The molecule has 1 heterocycles. The second-order valence-electron chi connectivity index (χ2n) is 4.69. The van der Waals surface area contributed by atoms with Gasteiger partial charge in [-0.05, 0) is 18.2 Å². The first-order valence-electron chi connectivity index (χ1n) is 6.78. The van der Waals surface area contributed by atoms with Crippen molar-refractivity contribution in [1.82, 2.24) is 0 Å². The van der Waals surface area contributed by atoms with Crippen LogP contribution in [0.1, 0.15) is 11.3 Å². The van der Waals surface area contributed by atoms with Crippen LogP contribution < -0.4 is 15.2 Å². The molecular weight excluding hydrogens is 266 g/mol. The first kappa shape index (κ1) is 13.5. The maximum Gasteiger partial charge on any atom is 0.161 e. The van der Waals surface area contributed by atoms with Crippen LogP contribution in [0.3, 0.4) is 0 Å². The lowest BCUT2D eigenvalue weighted by Gasteiger charge is -2.08. The number of ether oxygens (including phenoxy) is 2. The van der Waals surface area contributed by atoms with Crippen molar-refractivity contribution in [3.63, 3.8) is 0 Å². The van der Waals surface area contributed by atoms with Crippen LogP contribution in [0, 0.1) is 0 Å². The summed E-state index contributed by atoms with van der Waals surface area (Å²) in [7, 11) is 1.62. The molecule has 0 atom stereocenters. The summed E-state index contributed by atoms with van der Waals surface area (Å²) < 4.78 is 16.9. The molecule has 0 saturated carbocycles. The van der Waals surface area contributed by atoms with E-state index in [-0.39, 0.29) is 0 Å². The highest BCUT2D eigenvalue weighted by atomic mass is 16.5. The van der Waals surface area contributed by atoms with E-state index in [1.807, 2.05) is 48.5 Å². The summed E-state index contributed by atoms with van der Waals surface area (Å²) in [5.41, 5.74) is 7.55. The van der Waals surface area contributed by atoms with E-state index in [0.717, 1.165) is 22.3 Å². The predicted octanol–water partition coefficient (Wildman–Crippen LogP) is 3.48. The molecule has 0 aliphatic heterocycles. The van der Waals surface area contributed by atoms with Crippen molar-refractivity contribution in [2.75, 3.05) is 7.11 Å². The molecular formula is C17H17NO3. The summed E-state index contributed by atoms with van der Waals surface area (Å²) >= 11 is 0. The van der Waals surface area contributed by atoms with Crippen molar-refractivity contribution in [1.29, 1.82) is 0 Å². The van der Waals surface area contributed by atoms with E-state index in [1.54, 1.807) is 7.11 Å². The highest BCUT2D eigenvalue weighted by molar-refractivity contribution is 5.81. The Kier molecular flexibility index (Phi) is 3.79. The van der Waals surface area contributed by atoms with Crippen LogP contribution in [0.25, 0.3) is 11.0 Å². The van der Waals surface area contributed by atoms with Gasteiger partial charge in [0.25, 0.3) is 0 Å². The number of hydrogen-bond acceptors (Lipinski definition) is 4. The van der Waals surface area contributed by atoms with Crippen LogP contribution in [-0.4, -0.2) is 7.11 Å². The first-order valence-corrected chi connectivity index (χ1v) is 6.78. The number of furan rings is 1. The molecule has 108 valence electrons. The molecule has 0 aliphatic carbocycles. The Bertz CT molecular complexity index is 749. The van der Waals surface area contributed by atoms with E-state index in [2.05, 4.69) is 0 Å². The molecule has 1 aromatic heterocycles. The quantitative estimate of drug-likeness (QED) is 0.779. The zero-order valence-corrected chi connectivity index (χ0v) is 11.8. The van der Waals surface area contributed by atoms with E-state index in [9.17, 15) is 0 Å². The van der Waals surface area contributed by atoms with E-state index < -0.39 is 0 Å². The summed E-state index contributed by atoms with van der Waals surface area (Å²) in [6.07, 6.45) is 0. The molecule has 0 spiro atoms. The molecule has 3 rings (SSSR count). The lowest BCUT2D eigenvalue weighted by Crippen LogP contribution is -1.96. The van der Waals surface area contributed by atoms with Gasteiger partial charge in [-0.2, -0.15) is 0 Å². The Balaban J connectivity index is 1.82. The second kappa shape index (κ2) is 5.89. The standard InChI is InChI=1S/C17H17NO3/c1-19-15-7-2-3-8-16(15)20-11-14-9-12-5-4-6-13(10-18)17(12)21-14/h2-9H,10-11,18H2,1H3. The van der Waals surface area contributed by atoms with Gasteiger partial charge in [-0.25, -0.2) is 0 Å². The number of benzene rings is 2. The summed E-state index contributed by atoms with van der Waals surface area (Å²) in [4.78, 5) is 0. The summed E-state index contributed by atoms with van der Waals surface area (Å²) in [6, 6.07) is 15.5. The third-order valence-electron chi connectivity index (χ3n) is 3.34. The van der Waals surface area contributed by atoms with Crippen molar-refractivity contribution < 1.29 is 13.9 Å². The van der Waals surface area contributed by atoms with E-state index in [1.165, 1.54) is 0 Å². The third kappa shape index (κ3) is 2.71. The third-order valence-corrected chi connectivity index (χ3v) is 3.34. The molecule has 2 aromatic carbocycles. The number of hydrogen-bond donors (Lipinski definition) is 1. The van der Waals surface area contributed by atoms with Crippen LogP contribution >= 0.6 is 0 Å². The molecule has 3 aromatic rings. The average Bonchev–Trinajstić information content (AvgIpc) is 2.96. The molecule has 4 nitrogen and oxygen atoms in total. The fraction of sp³-hybridized carbons (Fsp3) is 0.176. The Morgan fingerprint density at radius 1 is 1.05 bits per heavy atom. The predicted molar refractivity (Wildman–Crippen MR) is 81.4 cm³/mol. The highest BCUT2D eigenvalue weighted by Gasteiger charge is 2.09. The zero-order chi connectivity index (χ0) is 14.7. The van der Waals surface area contributed by atoms with E-state index in [4.69, 9.17) is 19.6 Å². The Morgan fingerprint density at radius 3 is 2.62 bits per heavy atom. The number of rotatable bonds is 5. The van der Waals surface area contributed by atoms with Gasteiger partial charge in [-0.15, -0.1) is 0 Å². The maximum atomic E-state index is 5.84. The van der Waals surface area contributed by atoms with Gasteiger partial charge in [0.15, 0.2) is 11.5 Å². The topological polar surface area (TPSA) is 57.6 Å². The lowest BCUT2D eigenvalue weighted by atomic mass is 10.1. The highest BCUT2D eigenvalue weighted by Crippen LogP contribution is 2.28. The minimum atomic E-state index is 0.346. The summed E-state index contributed by atoms with van der Waals surface area (Å²) in [6.45, 7) is 0.802. The zero-order valence-electron chi connectivity index (χ0n) is 11.8. The van der Waals surface area contributed by atoms with Gasteiger partial charge in [0.1, 0.15) is 18.0 Å². The number of para-hydroxylation sites is 3. The SMILES string of the molecule is COc1ccccc1OCc1cc2cccc(CN)c2o1. The number of fused-ring (bicyclic) bond motifs is 1. The minimum Gasteiger partial charge on any atom is -0.493 e. The molecule has 0 amide bonds. The van der Waals surface area contributed by atoms with Gasteiger partial charge < -0.3 is 19.6 Å². The van der Waals surface area contributed by atoms with Crippen molar-refractivity contribution in [3.8, 4) is 11.5 Å².